The van der Waals surface area contributed by atoms with Crippen molar-refractivity contribution < 1.29 is 4.79 Å². The molecular weight excluding hydrogens is 264 g/mol. The summed E-state index contributed by atoms with van der Waals surface area (Å²) in [6, 6.07) is 17.6. The van der Waals surface area contributed by atoms with Crippen molar-refractivity contribution in [2.24, 2.45) is 0 Å². The molecule has 0 fully saturated rings. The van der Waals surface area contributed by atoms with Gasteiger partial charge in [-0.2, -0.15) is 0 Å². The number of thiol groups is 1. The number of hydrogen-bond acceptors (Lipinski definition) is 1. The van der Waals surface area contributed by atoms with Crippen LogP contribution in [-0.2, 0) is 4.79 Å². The van der Waals surface area contributed by atoms with Gasteiger partial charge in [-0.3, -0.25) is 4.79 Å². The molecule has 18 heavy (non-hydrogen) atoms. The standard InChI is InChI=1S/C15H13ClOS/c16-13-8-6-12(7-9-13)14(10-15(17)18)11-4-2-1-3-5-11/h1-9,14H,10H2,(H,17,18). The Morgan fingerprint density at radius 2 is 1.56 bits per heavy atom. The van der Waals surface area contributed by atoms with Crippen LogP contribution >= 0.6 is 24.2 Å². The largest absolute Gasteiger partial charge is 0.287 e. The first kappa shape index (κ1) is 13.2. The van der Waals surface area contributed by atoms with E-state index in [1.807, 2.05) is 54.6 Å². The van der Waals surface area contributed by atoms with E-state index in [1.54, 1.807) is 0 Å². The average molecular weight is 277 g/mol. The van der Waals surface area contributed by atoms with Crippen LogP contribution in [0.15, 0.2) is 54.6 Å². The minimum absolute atomic E-state index is 0.0356. The molecule has 2 aromatic carbocycles. The van der Waals surface area contributed by atoms with Crippen LogP contribution in [0, 0.1) is 0 Å². The van der Waals surface area contributed by atoms with Crippen LogP contribution in [0.1, 0.15) is 23.5 Å². The van der Waals surface area contributed by atoms with E-state index in [1.165, 1.54) is 0 Å². The smallest absolute Gasteiger partial charge is 0.186 e. The molecule has 0 aliphatic rings. The van der Waals surface area contributed by atoms with Crippen LogP contribution in [0.5, 0.6) is 0 Å². The van der Waals surface area contributed by atoms with Crippen molar-refractivity contribution in [2.75, 3.05) is 0 Å². The summed E-state index contributed by atoms with van der Waals surface area (Å²) in [5.41, 5.74) is 2.19. The zero-order valence-electron chi connectivity index (χ0n) is 9.71. The summed E-state index contributed by atoms with van der Waals surface area (Å²) in [4.78, 5) is 11.3. The molecule has 1 atom stereocenters. The zero-order valence-corrected chi connectivity index (χ0v) is 11.4. The maximum atomic E-state index is 11.3. The third-order valence-corrected chi connectivity index (χ3v) is 3.29. The Balaban J connectivity index is 2.36. The molecule has 1 unspecified atom stereocenters. The van der Waals surface area contributed by atoms with Crippen LogP contribution in [0.25, 0.3) is 0 Å². The van der Waals surface area contributed by atoms with E-state index in [-0.39, 0.29) is 11.0 Å². The normalized spacial score (nSPS) is 12.1. The molecular formula is C15H13ClOS. The van der Waals surface area contributed by atoms with Gasteiger partial charge in [0.05, 0.1) is 0 Å². The molecule has 0 N–H and O–H groups in total. The van der Waals surface area contributed by atoms with E-state index in [4.69, 9.17) is 11.6 Å². The Kier molecular flexibility index (Phi) is 4.45. The first-order valence-corrected chi connectivity index (χ1v) is 6.51. The lowest BCUT2D eigenvalue weighted by molar-refractivity contribution is -0.111. The number of carbonyl (C=O) groups excluding carboxylic acids is 1. The van der Waals surface area contributed by atoms with Crippen molar-refractivity contribution in [3.63, 3.8) is 0 Å². The van der Waals surface area contributed by atoms with Gasteiger partial charge in [-0.05, 0) is 23.3 Å². The fraction of sp³-hybridized carbons (Fsp3) is 0.133. The summed E-state index contributed by atoms with van der Waals surface area (Å²) in [6.07, 6.45) is 0.384. The van der Waals surface area contributed by atoms with Gasteiger partial charge in [0, 0.05) is 17.4 Å². The number of carbonyl (C=O) groups is 1. The minimum Gasteiger partial charge on any atom is -0.287 e. The van der Waals surface area contributed by atoms with E-state index in [0.717, 1.165) is 11.1 Å². The van der Waals surface area contributed by atoms with Crippen LogP contribution in [0.2, 0.25) is 5.02 Å². The van der Waals surface area contributed by atoms with E-state index in [0.29, 0.717) is 11.4 Å². The molecule has 0 aliphatic heterocycles. The molecule has 0 saturated carbocycles. The van der Waals surface area contributed by atoms with Gasteiger partial charge in [0.1, 0.15) is 0 Å². The third kappa shape index (κ3) is 3.37. The van der Waals surface area contributed by atoms with Crippen molar-refractivity contribution in [1.82, 2.24) is 0 Å². The van der Waals surface area contributed by atoms with Crippen LogP contribution in [-0.4, -0.2) is 5.12 Å². The summed E-state index contributed by atoms with van der Waals surface area (Å²) in [5.74, 6) is 0.0356. The zero-order chi connectivity index (χ0) is 13.0. The third-order valence-electron chi connectivity index (χ3n) is 2.85. The van der Waals surface area contributed by atoms with Crippen LogP contribution < -0.4 is 0 Å². The summed E-state index contributed by atoms with van der Waals surface area (Å²) in [7, 11) is 0. The first-order valence-electron chi connectivity index (χ1n) is 5.69. The number of benzene rings is 2. The Labute approximate surface area is 117 Å². The lowest BCUT2D eigenvalue weighted by atomic mass is 9.89. The average Bonchev–Trinajstić information content (AvgIpc) is 2.38. The predicted octanol–water partition coefficient (Wildman–Crippen LogP) is 4.32. The molecule has 0 radical (unpaired) electrons. The van der Waals surface area contributed by atoms with Gasteiger partial charge in [-0.25, -0.2) is 0 Å². The molecule has 3 heteroatoms. The summed E-state index contributed by atoms with van der Waals surface area (Å²) >= 11 is 9.78. The van der Waals surface area contributed by atoms with Crippen LogP contribution in [0.3, 0.4) is 0 Å². The summed E-state index contributed by atoms with van der Waals surface area (Å²) in [5, 5.41) is 0.585. The molecule has 92 valence electrons. The highest BCUT2D eigenvalue weighted by Crippen LogP contribution is 2.29. The van der Waals surface area contributed by atoms with Gasteiger partial charge in [0.2, 0.25) is 0 Å². The summed E-state index contributed by atoms with van der Waals surface area (Å²) < 4.78 is 0. The molecule has 0 aromatic heterocycles. The van der Waals surface area contributed by atoms with Crippen molar-refractivity contribution in [2.45, 2.75) is 12.3 Å². The quantitative estimate of drug-likeness (QED) is 0.823. The maximum Gasteiger partial charge on any atom is 0.186 e. The van der Waals surface area contributed by atoms with E-state index in [2.05, 4.69) is 12.6 Å². The highest BCUT2D eigenvalue weighted by Gasteiger charge is 2.16. The van der Waals surface area contributed by atoms with Gasteiger partial charge in [-0.1, -0.05) is 54.1 Å². The lowest BCUT2D eigenvalue weighted by Gasteiger charge is -2.16. The van der Waals surface area contributed by atoms with Crippen molar-refractivity contribution in [3.05, 3.63) is 70.7 Å². The SMILES string of the molecule is O=C(S)CC(c1ccccc1)c1ccc(Cl)cc1. The Bertz CT molecular complexity index is 522. The van der Waals surface area contributed by atoms with Crippen molar-refractivity contribution in [3.8, 4) is 0 Å². The first-order chi connectivity index (χ1) is 8.66. The van der Waals surface area contributed by atoms with E-state index >= 15 is 0 Å². The molecule has 0 amide bonds. The minimum atomic E-state index is -0.112. The molecule has 0 bridgehead atoms. The second-order valence-corrected chi connectivity index (χ2v) is 5.05. The maximum absolute atomic E-state index is 11.3. The van der Waals surface area contributed by atoms with Gasteiger partial charge in [-0.15, -0.1) is 12.6 Å². The van der Waals surface area contributed by atoms with Crippen molar-refractivity contribution in [1.29, 1.82) is 0 Å². The highest BCUT2D eigenvalue weighted by molar-refractivity contribution is 7.96. The molecule has 0 aliphatic carbocycles. The Hall–Kier alpha value is -1.25. The van der Waals surface area contributed by atoms with Gasteiger partial charge < -0.3 is 0 Å². The van der Waals surface area contributed by atoms with Gasteiger partial charge in [0.25, 0.3) is 0 Å². The van der Waals surface area contributed by atoms with E-state index in [9.17, 15) is 4.79 Å². The molecule has 2 aromatic rings. The van der Waals surface area contributed by atoms with Gasteiger partial charge in [0.15, 0.2) is 5.12 Å². The number of rotatable bonds is 4. The molecule has 0 heterocycles. The number of halogens is 1. The lowest BCUT2D eigenvalue weighted by Crippen LogP contribution is -2.04. The highest BCUT2D eigenvalue weighted by atomic mass is 35.5. The van der Waals surface area contributed by atoms with E-state index < -0.39 is 0 Å². The molecule has 1 nitrogen and oxygen atoms in total. The fourth-order valence-corrected chi connectivity index (χ4v) is 2.29. The molecule has 0 spiro atoms. The predicted molar refractivity (Wildman–Crippen MR) is 78.3 cm³/mol. The van der Waals surface area contributed by atoms with Crippen LogP contribution in [0.4, 0.5) is 0 Å². The fourth-order valence-electron chi connectivity index (χ4n) is 1.98. The second-order valence-electron chi connectivity index (χ2n) is 4.11. The second kappa shape index (κ2) is 6.07. The van der Waals surface area contributed by atoms with Gasteiger partial charge >= 0.3 is 0 Å². The molecule has 0 saturated heterocycles. The molecule has 2 rings (SSSR count). The summed E-state index contributed by atoms with van der Waals surface area (Å²) in [6.45, 7) is 0. The monoisotopic (exact) mass is 276 g/mol. The van der Waals surface area contributed by atoms with Crippen molar-refractivity contribution >= 4 is 29.3 Å². The Morgan fingerprint density at radius 1 is 1.00 bits per heavy atom. The topological polar surface area (TPSA) is 17.1 Å². The number of hydrogen-bond donors (Lipinski definition) is 1. The Morgan fingerprint density at radius 3 is 2.11 bits per heavy atom.